The minimum atomic E-state index is 0.502. The van der Waals surface area contributed by atoms with Crippen LogP contribution in [0, 0.1) is 5.41 Å². The Morgan fingerprint density at radius 2 is 1.57 bits per heavy atom. The van der Waals surface area contributed by atoms with Crippen LogP contribution < -0.4 is 10.4 Å². The Balaban J connectivity index is 1.59. The standard InChI is InChI=1S/C28H32Cl2N4O/c1-3-32(4-2)16-17-34-26-19-22(21-9-6-5-7-10-21)11-13-25(26)33(28(34)31)15-8-18-35-27-14-12-23(29)20-24(27)30/h5-7,9-14,19-20,31H,3-4,8,15-18H2,1-2H3. The lowest BCUT2D eigenvalue weighted by atomic mass is 10.1. The van der Waals surface area contributed by atoms with Crippen molar-refractivity contribution in [2.45, 2.75) is 33.4 Å². The summed E-state index contributed by atoms with van der Waals surface area (Å²) in [5, 5.41) is 10.1. The molecule has 7 heteroatoms. The Morgan fingerprint density at radius 1 is 0.829 bits per heavy atom. The number of fused-ring (bicyclic) bond motifs is 1. The third kappa shape index (κ3) is 5.92. The monoisotopic (exact) mass is 510 g/mol. The van der Waals surface area contributed by atoms with Gasteiger partial charge in [-0.25, -0.2) is 0 Å². The Labute approximate surface area is 217 Å². The molecule has 0 fully saturated rings. The summed E-state index contributed by atoms with van der Waals surface area (Å²) in [6.07, 6.45) is 0.755. The summed E-state index contributed by atoms with van der Waals surface area (Å²) in [5.41, 5.74) is 5.01. The van der Waals surface area contributed by atoms with E-state index in [2.05, 4.69) is 70.3 Å². The van der Waals surface area contributed by atoms with Crippen molar-refractivity contribution < 1.29 is 4.74 Å². The van der Waals surface area contributed by atoms with Crippen LogP contribution in [-0.4, -0.2) is 40.3 Å². The predicted molar refractivity (Wildman–Crippen MR) is 146 cm³/mol. The van der Waals surface area contributed by atoms with Crippen molar-refractivity contribution in [2.75, 3.05) is 26.2 Å². The van der Waals surface area contributed by atoms with Crippen LogP contribution >= 0.6 is 23.2 Å². The van der Waals surface area contributed by atoms with Gasteiger partial charge in [0.15, 0.2) is 0 Å². The fourth-order valence-corrected chi connectivity index (χ4v) is 4.85. The molecule has 0 aliphatic heterocycles. The maximum atomic E-state index is 9.00. The molecule has 1 heterocycles. The van der Waals surface area contributed by atoms with Crippen molar-refractivity contribution in [3.05, 3.63) is 82.4 Å². The van der Waals surface area contributed by atoms with Gasteiger partial charge in [-0.1, -0.05) is 73.4 Å². The molecule has 4 rings (SSSR count). The number of hydrogen-bond acceptors (Lipinski definition) is 3. The summed E-state index contributed by atoms with van der Waals surface area (Å²) in [6, 6.07) is 22.1. The van der Waals surface area contributed by atoms with Gasteiger partial charge in [0.05, 0.1) is 22.7 Å². The van der Waals surface area contributed by atoms with Gasteiger partial charge in [0.25, 0.3) is 0 Å². The molecule has 0 radical (unpaired) electrons. The summed E-state index contributed by atoms with van der Waals surface area (Å²) < 4.78 is 10.1. The summed E-state index contributed by atoms with van der Waals surface area (Å²) >= 11 is 12.2. The summed E-state index contributed by atoms with van der Waals surface area (Å²) in [5.74, 6) is 0.626. The van der Waals surface area contributed by atoms with E-state index in [4.69, 9.17) is 33.3 Å². The number of likely N-dealkylation sites (N-methyl/N-ethyl adjacent to an activating group) is 1. The second kappa shape index (κ2) is 11.8. The number of nitrogens with one attached hydrogen (secondary N) is 1. The average molecular weight is 511 g/mol. The summed E-state index contributed by atoms with van der Waals surface area (Å²) in [7, 11) is 0. The lowest BCUT2D eigenvalue weighted by molar-refractivity contribution is 0.287. The van der Waals surface area contributed by atoms with Gasteiger partial charge in [0, 0.05) is 24.7 Å². The maximum absolute atomic E-state index is 9.00. The lowest BCUT2D eigenvalue weighted by Gasteiger charge is -2.18. The van der Waals surface area contributed by atoms with Crippen LogP contribution in [0.25, 0.3) is 22.2 Å². The predicted octanol–water partition coefficient (Wildman–Crippen LogP) is 6.71. The Hall–Kier alpha value is -2.73. The first-order valence-corrected chi connectivity index (χ1v) is 12.9. The topological polar surface area (TPSA) is 46.2 Å². The van der Waals surface area contributed by atoms with Gasteiger partial charge in [-0.15, -0.1) is 0 Å². The number of imidazole rings is 1. The number of benzene rings is 3. The van der Waals surface area contributed by atoms with Gasteiger partial charge in [0.1, 0.15) is 5.75 Å². The number of aromatic nitrogens is 2. The molecule has 0 spiro atoms. The molecule has 0 aliphatic rings. The van der Waals surface area contributed by atoms with Crippen LogP contribution in [0.5, 0.6) is 5.75 Å². The van der Waals surface area contributed by atoms with E-state index in [0.717, 1.165) is 49.2 Å². The number of nitrogens with zero attached hydrogens (tertiary/aromatic N) is 3. The molecule has 0 atom stereocenters. The first kappa shape index (κ1) is 25.4. The highest BCUT2D eigenvalue weighted by Crippen LogP contribution is 2.28. The third-order valence-corrected chi connectivity index (χ3v) is 6.92. The molecule has 0 bridgehead atoms. The second-order valence-corrected chi connectivity index (χ2v) is 9.34. The molecule has 5 nitrogen and oxygen atoms in total. The Bertz CT molecular complexity index is 1330. The van der Waals surface area contributed by atoms with E-state index in [1.165, 1.54) is 5.56 Å². The fourth-order valence-electron chi connectivity index (χ4n) is 4.38. The highest BCUT2D eigenvalue weighted by molar-refractivity contribution is 6.35. The first-order valence-electron chi connectivity index (χ1n) is 12.1. The molecule has 1 aromatic heterocycles. The fraction of sp³-hybridized carbons (Fsp3) is 0.321. The Morgan fingerprint density at radius 3 is 2.29 bits per heavy atom. The molecule has 0 saturated carbocycles. The van der Waals surface area contributed by atoms with Crippen molar-refractivity contribution in [1.29, 1.82) is 5.41 Å². The largest absolute Gasteiger partial charge is 0.492 e. The van der Waals surface area contributed by atoms with Crippen molar-refractivity contribution in [2.24, 2.45) is 0 Å². The van der Waals surface area contributed by atoms with E-state index in [9.17, 15) is 0 Å². The molecule has 0 aliphatic carbocycles. The van der Waals surface area contributed by atoms with E-state index in [0.29, 0.717) is 34.6 Å². The highest BCUT2D eigenvalue weighted by Gasteiger charge is 2.13. The van der Waals surface area contributed by atoms with E-state index in [1.54, 1.807) is 18.2 Å². The summed E-state index contributed by atoms with van der Waals surface area (Å²) in [4.78, 5) is 2.39. The third-order valence-electron chi connectivity index (χ3n) is 6.39. The van der Waals surface area contributed by atoms with Crippen LogP contribution in [0.2, 0.25) is 10.0 Å². The smallest absolute Gasteiger partial charge is 0.203 e. The number of ether oxygens (including phenoxy) is 1. The van der Waals surface area contributed by atoms with Gasteiger partial charge in [0.2, 0.25) is 5.62 Å². The molecule has 4 aromatic rings. The van der Waals surface area contributed by atoms with Crippen molar-refractivity contribution in [1.82, 2.24) is 14.0 Å². The quantitative estimate of drug-likeness (QED) is 0.228. The minimum Gasteiger partial charge on any atom is -0.492 e. The molecule has 0 saturated heterocycles. The molecule has 35 heavy (non-hydrogen) atoms. The molecule has 0 amide bonds. The lowest BCUT2D eigenvalue weighted by Crippen LogP contribution is -2.32. The molecule has 3 aromatic carbocycles. The zero-order valence-electron chi connectivity index (χ0n) is 20.3. The van der Waals surface area contributed by atoms with Gasteiger partial charge < -0.3 is 18.8 Å². The van der Waals surface area contributed by atoms with Gasteiger partial charge in [-0.2, -0.15) is 0 Å². The molecular formula is C28H32Cl2N4O. The normalized spacial score (nSPS) is 11.5. The number of aryl methyl sites for hydroxylation is 1. The number of hydrogen-bond donors (Lipinski definition) is 1. The van der Waals surface area contributed by atoms with E-state index in [1.807, 2.05) is 6.07 Å². The van der Waals surface area contributed by atoms with Gasteiger partial charge in [-0.05, 0) is 61.0 Å². The molecular weight excluding hydrogens is 479 g/mol. The van der Waals surface area contributed by atoms with Crippen molar-refractivity contribution >= 4 is 34.2 Å². The SMILES string of the molecule is CCN(CC)CCn1c(=N)n(CCCOc2ccc(Cl)cc2Cl)c2ccc(-c3ccccc3)cc21. The van der Waals surface area contributed by atoms with Crippen molar-refractivity contribution in [3.8, 4) is 16.9 Å². The average Bonchev–Trinajstić information content (AvgIpc) is 3.14. The zero-order chi connectivity index (χ0) is 24.8. The number of rotatable bonds is 11. The Kier molecular flexibility index (Phi) is 8.55. The summed E-state index contributed by atoms with van der Waals surface area (Å²) in [6.45, 7) is 9.24. The van der Waals surface area contributed by atoms with Crippen LogP contribution in [0.3, 0.4) is 0 Å². The van der Waals surface area contributed by atoms with Crippen LogP contribution in [0.4, 0.5) is 0 Å². The van der Waals surface area contributed by atoms with Crippen molar-refractivity contribution in [3.63, 3.8) is 0 Å². The van der Waals surface area contributed by atoms with Crippen LogP contribution in [0.1, 0.15) is 20.3 Å². The van der Waals surface area contributed by atoms with E-state index in [-0.39, 0.29) is 0 Å². The van der Waals surface area contributed by atoms with E-state index >= 15 is 0 Å². The van der Waals surface area contributed by atoms with Gasteiger partial charge in [-0.3, -0.25) is 5.41 Å². The van der Waals surface area contributed by atoms with E-state index < -0.39 is 0 Å². The maximum Gasteiger partial charge on any atom is 0.203 e. The zero-order valence-corrected chi connectivity index (χ0v) is 21.8. The molecule has 1 N–H and O–H groups in total. The molecule has 0 unspecified atom stereocenters. The minimum absolute atomic E-state index is 0.502. The van der Waals surface area contributed by atoms with Crippen LogP contribution in [-0.2, 0) is 13.1 Å². The number of halogens is 2. The van der Waals surface area contributed by atoms with Crippen LogP contribution in [0.15, 0.2) is 66.7 Å². The second-order valence-electron chi connectivity index (χ2n) is 8.50. The van der Waals surface area contributed by atoms with Gasteiger partial charge >= 0.3 is 0 Å². The highest BCUT2D eigenvalue weighted by atomic mass is 35.5. The molecule has 184 valence electrons. The first-order chi connectivity index (χ1) is 17.0.